The quantitative estimate of drug-likeness (QED) is 0.686. The molecule has 1 aliphatic heterocycles. The lowest BCUT2D eigenvalue weighted by Gasteiger charge is -2.09. The Morgan fingerprint density at radius 2 is 1.92 bits per heavy atom. The van der Waals surface area contributed by atoms with Gasteiger partial charge in [0, 0.05) is 6.42 Å². The average molecular weight is 164 g/mol. The van der Waals surface area contributed by atoms with Crippen LogP contribution >= 0.6 is 0 Å². The topological polar surface area (TPSA) is 29.5 Å². The van der Waals surface area contributed by atoms with Crippen LogP contribution in [-0.4, -0.2) is 11.4 Å². The molecule has 1 saturated heterocycles. The lowest BCUT2D eigenvalue weighted by atomic mass is 10.1. The van der Waals surface area contributed by atoms with Crippen LogP contribution in [0.1, 0.15) is 24.5 Å². The van der Waals surface area contributed by atoms with E-state index in [2.05, 4.69) is 0 Å². The summed E-state index contributed by atoms with van der Waals surface area (Å²) in [7, 11) is 0. The molecule has 1 fully saturated rings. The van der Waals surface area contributed by atoms with E-state index in [0.29, 0.717) is 0 Å². The zero-order valence-corrected chi connectivity index (χ0v) is 6.81. The minimum absolute atomic E-state index is 0.0983. The van der Waals surface area contributed by atoms with E-state index in [0.717, 1.165) is 18.4 Å². The van der Waals surface area contributed by atoms with Gasteiger partial charge in [-0.3, -0.25) is 0 Å². The van der Waals surface area contributed by atoms with Gasteiger partial charge in [0.15, 0.2) is 6.29 Å². The summed E-state index contributed by atoms with van der Waals surface area (Å²) in [5.74, 6) is 0. The Hall–Kier alpha value is -0.860. The van der Waals surface area contributed by atoms with Crippen LogP contribution in [0.25, 0.3) is 0 Å². The molecular weight excluding hydrogens is 152 g/mol. The molecule has 2 nitrogen and oxygen atoms in total. The molecule has 0 aromatic heterocycles. The highest BCUT2D eigenvalue weighted by molar-refractivity contribution is 5.18. The SMILES string of the molecule is O[C@H]1CCC(c2ccccc2)O1. The van der Waals surface area contributed by atoms with Crippen molar-refractivity contribution in [2.75, 3.05) is 0 Å². The Balaban J connectivity index is 2.11. The van der Waals surface area contributed by atoms with E-state index in [1.54, 1.807) is 0 Å². The molecule has 2 rings (SSSR count). The maximum atomic E-state index is 9.14. The summed E-state index contributed by atoms with van der Waals surface area (Å²) >= 11 is 0. The van der Waals surface area contributed by atoms with E-state index >= 15 is 0 Å². The fourth-order valence-corrected chi connectivity index (χ4v) is 1.53. The van der Waals surface area contributed by atoms with Gasteiger partial charge in [0.2, 0.25) is 0 Å². The first-order valence-electron chi connectivity index (χ1n) is 4.25. The fraction of sp³-hybridized carbons (Fsp3) is 0.400. The third-order valence-electron chi connectivity index (χ3n) is 2.17. The normalized spacial score (nSPS) is 29.1. The predicted octanol–water partition coefficient (Wildman–Crippen LogP) is 1.86. The van der Waals surface area contributed by atoms with E-state index in [-0.39, 0.29) is 6.10 Å². The molecule has 0 spiro atoms. The van der Waals surface area contributed by atoms with Crippen LogP contribution in [0, 0.1) is 0 Å². The molecule has 1 heterocycles. The van der Waals surface area contributed by atoms with Crippen molar-refractivity contribution in [2.24, 2.45) is 0 Å². The van der Waals surface area contributed by atoms with Crippen molar-refractivity contribution in [1.82, 2.24) is 0 Å². The summed E-state index contributed by atoms with van der Waals surface area (Å²) in [5, 5.41) is 9.14. The molecule has 0 radical (unpaired) electrons. The number of ether oxygens (including phenoxy) is 1. The van der Waals surface area contributed by atoms with Crippen LogP contribution in [0.4, 0.5) is 0 Å². The van der Waals surface area contributed by atoms with Crippen molar-refractivity contribution < 1.29 is 9.84 Å². The summed E-state index contributed by atoms with van der Waals surface area (Å²) in [6, 6.07) is 10.0. The van der Waals surface area contributed by atoms with Crippen molar-refractivity contribution >= 4 is 0 Å². The molecule has 2 atom stereocenters. The van der Waals surface area contributed by atoms with Gasteiger partial charge in [-0.25, -0.2) is 0 Å². The van der Waals surface area contributed by atoms with Crippen LogP contribution in [0.3, 0.4) is 0 Å². The molecule has 0 amide bonds. The monoisotopic (exact) mass is 164 g/mol. The highest BCUT2D eigenvalue weighted by Gasteiger charge is 2.23. The number of rotatable bonds is 1. The highest BCUT2D eigenvalue weighted by Crippen LogP contribution is 2.30. The summed E-state index contributed by atoms with van der Waals surface area (Å²) in [5.41, 5.74) is 1.16. The smallest absolute Gasteiger partial charge is 0.155 e. The van der Waals surface area contributed by atoms with Gasteiger partial charge < -0.3 is 9.84 Å². The minimum atomic E-state index is -0.560. The molecule has 0 bridgehead atoms. The van der Waals surface area contributed by atoms with E-state index in [1.165, 1.54) is 0 Å². The van der Waals surface area contributed by atoms with Crippen molar-refractivity contribution in [1.29, 1.82) is 0 Å². The van der Waals surface area contributed by atoms with E-state index in [9.17, 15) is 0 Å². The Morgan fingerprint density at radius 3 is 2.50 bits per heavy atom. The third kappa shape index (κ3) is 1.49. The van der Waals surface area contributed by atoms with Crippen LogP contribution in [0.15, 0.2) is 30.3 Å². The maximum absolute atomic E-state index is 9.14. The Kier molecular flexibility index (Phi) is 2.11. The molecule has 1 aliphatic rings. The number of hydrogen-bond acceptors (Lipinski definition) is 2. The number of hydrogen-bond donors (Lipinski definition) is 1. The number of benzene rings is 1. The summed E-state index contributed by atoms with van der Waals surface area (Å²) in [4.78, 5) is 0. The lowest BCUT2D eigenvalue weighted by molar-refractivity contribution is -0.0913. The molecular formula is C10H12O2. The Bertz CT molecular complexity index is 245. The predicted molar refractivity (Wildman–Crippen MR) is 45.5 cm³/mol. The first-order chi connectivity index (χ1) is 5.86. The summed E-state index contributed by atoms with van der Waals surface area (Å²) < 4.78 is 5.30. The van der Waals surface area contributed by atoms with Crippen molar-refractivity contribution in [3.05, 3.63) is 35.9 Å². The first-order valence-corrected chi connectivity index (χ1v) is 4.25. The Labute approximate surface area is 71.8 Å². The number of aliphatic hydroxyl groups is 1. The van der Waals surface area contributed by atoms with Crippen LogP contribution in [0.2, 0.25) is 0 Å². The van der Waals surface area contributed by atoms with Crippen molar-refractivity contribution in [3.8, 4) is 0 Å². The van der Waals surface area contributed by atoms with Gasteiger partial charge in [-0.1, -0.05) is 30.3 Å². The van der Waals surface area contributed by atoms with E-state index in [1.807, 2.05) is 30.3 Å². The third-order valence-corrected chi connectivity index (χ3v) is 2.17. The standard InChI is InChI=1S/C10H12O2/c11-10-7-6-9(12-10)8-4-2-1-3-5-8/h1-5,9-11H,6-7H2/t9?,10-/m1/s1. The maximum Gasteiger partial charge on any atom is 0.155 e. The van der Waals surface area contributed by atoms with Crippen LogP contribution < -0.4 is 0 Å². The highest BCUT2D eigenvalue weighted by atomic mass is 16.6. The average Bonchev–Trinajstić information content (AvgIpc) is 2.54. The van der Waals surface area contributed by atoms with Gasteiger partial charge in [-0.05, 0) is 12.0 Å². The molecule has 1 N–H and O–H groups in total. The second-order valence-corrected chi connectivity index (χ2v) is 3.07. The molecule has 12 heavy (non-hydrogen) atoms. The molecule has 0 saturated carbocycles. The zero-order chi connectivity index (χ0) is 8.39. The van der Waals surface area contributed by atoms with Gasteiger partial charge in [0.05, 0.1) is 6.10 Å². The lowest BCUT2D eigenvalue weighted by Crippen LogP contribution is -2.03. The van der Waals surface area contributed by atoms with Gasteiger partial charge in [-0.15, -0.1) is 0 Å². The molecule has 64 valence electrons. The van der Waals surface area contributed by atoms with Gasteiger partial charge >= 0.3 is 0 Å². The van der Waals surface area contributed by atoms with Crippen LogP contribution in [-0.2, 0) is 4.74 Å². The number of aliphatic hydroxyl groups excluding tert-OH is 1. The van der Waals surface area contributed by atoms with Gasteiger partial charge in [0.25, 0.3) is 0 Å². The molecule has 1 aromatic carbocycles. The molecule has 1 unspecified atom stereocenters. The summed E-state index contributed by atoms with van der Waals surface area (Å²) in [6.07, 6.45) is 1.21. The second-order valence-electron chi connectivity index (χ2n) is 3.07. The first kappa shape index (κ1) is 7.77. The van der Waals surface area contributed by atoms with E-state index in [4.69, 9.17) is 9.84 Å². The molecule has 2 heteroatoms. The van der Waals surface area contributed by atoms with E-state index < -0.39 is 6.29 Å². The fourth-order valence-electron chi connectivity index (χ4n) is 1.53. The largest absolute Gasteiger partial charge is 0.368 e. The summed E-state index contributed by atoms with van der Waals surface area (Å²) in [6.45, 7) is 0. The van der Waals surface area contributed by atoms with Gasteiger partial charge in [0.1, 0.15) is 0 Å². The van der Waals surface area contributed by atoms with Crippen molar-refractivity contribution in [3.63, 3.8) is 0 Å². The zero-order valence-electron chi connectivity index (χ0n) is 6.81. The van der Waals surface area contributed by atoms with Gasteiger partial charge in [-0.2, -0.15) is 0 Å². The second kappa shape index (κ2) is 3.25. The molecule has 1 aromatic rings. The molecule has 0 aliphatic carbocycles. The Morgan fingerprint density at radius 1 is 1.17 bits per heavy atom. The van der Waals surface area contributed by atoms with Crippen LogP contribution in [0.5, 0.6) is 0 Å². The van der Waals surface area contributed by atoms with Crippen molar-refractivity contribution in [2.45, 2.75) is 25.2 Å². The minimum Gasteiger partial charge on any atom is -0.368 e.